The summed E-state index contributed by atoms with van der Waals surface area (Å²) in [7, 11) is 1.58. The molecular formula is C10H17NO4. The lowest BCUT2D eigenvalue weighted by Crippen LogP contribution is -2.42. The predicted molar refractivity (Wildman–Crippen MR) is 53.4 cm³/mol. The number of carboxylic acids is 1. The Kier molecular flexibility index (Phi) is 4.08. The molecular weight excluding hydrogens is 198 g/mol. The van der Waals surface area contributed by atoms with Gasteiger partial charge in [-0.25, -0.2) is 4.79 Å². The lowest BCUT2D eigenvalue weighted by atomic mass is 10.1. The third-order valence-corrected chi connectivity index (χ3v) is 2.59. The molecule has 1 aliphatic carbocycles. The van der Waals surface area contributed by atoms with Gasteiger partial charge in [-0.05, 0) is 18.8 Å². The second-order valence-electron chi connectivity index (χ2n) is 3.94. The number of amides is 1. The average molecular weight is 215 g/mol. The third-order valence-electron chi connectivity index (χ3n) is 2.59. The minimum atomic E-state index is -1.01. The van der Waals surface area contributed by atoms with Gasteiger partial charge in [-0.1, -0.05) is 0 Å². The van der Waals surface area contributed by atoms with Gasteiger partial charge < -0.3 is 15.2 Å². The van der Waals surface area contributed by atoms with Crippen LogP contribution in [0, 0.1) is 5.92 Å². The molecule has 0 saturated heterocycles. The topological polar surface area (TPSA) is 75.6 Å². The Morgan fingerprint density at radius 1 is 1.53 bits per heavy atom. The molecule has 1 fully saturated rings. The molecule has 1 saturated carbocycles. The Morgan fingerprint density at radius 2 is 2.13 bits per heavy atom. The van der Waals surface area contributed by atoms with Gasteiger partial charge in [0.05, 0.1) is 6.10 Å². The molecule has 0 heterocycles. The summed E-state index contributed by atoms with van der Waals surface area (Å²) in [5, 5.41) is 11.3. The second-order valence-corrected chi connectivity index (χ2v) is 3.94. The summed E-state index contributed by atoms with van der Waals surface area (Å²) >= 11 is 0. The molecule has 2 unspecified atom stereocenters. The summed E-state index contributed by atoms with van der Waals surface area (Å²) in [4.78, 5) is 21.7. The van der Waals surface area contributed by atoms with Gasteiger partial charge in [-0.3, -0.25) is 4.79 Å². The third kappa shape index (κ3) is 3.87. The number of aliphatic carboxylic acids is 1. The fourth-order valence-corrected chi connectivity index (χ4v) is 1.65. The lowest BCUT2D eigenvalue weighted by Gasteiger charge is -2.19. The fraction of sp³-hybridized carbons (Fsp3) is 0.800. The van der Waals surface area contributed by atoms with Crippen molar-refractivity contribution in [3.63, 3.8) is 0 Å². The highest BCUT2D eigenvalue weighted by molar-refractivity contribution is 5.82. The molecule has 0 bridgehead atoms. The van der Waals surface area contributed by atoms with E-state index in [9.17, 15) is 9.59 Å². The predicted octanol–water partition coefficient (Wildman–Crippen LogP) is 0.391. The Morgan fingerprint density at radius 3 is 2.47 bits per heavy atom. The van der Waals surface area contributed by atoms with Crippen LogP contribution in [0.1, 0.15) is 26.2 Å². The van der Waals surface area contributed by atoms with Crippen LogP contribution in [0.25, 0.3) is 0 Å². The number of carboxylic acid groups (broad SMARTS) is 1. The smallest absolute Gasteiger partial charge is 0.326 e. The van der Waals surface area contributed by atoms with Crippen molar-refractivity contribution in [2.45, 2.75) is 38.3 Å². The molecule has 86 valence electrons. The zero-order chi connectivity index (χ0) is 11.4. The summed E-state index contributed by atoms with van der Waals surface area (Å²) in [5.41, 5.74) is 0. The van der Waals surface area contributed by atoms with Crippen molar-refractivity contribution >= 4 is 11.9 Å². The molecule has 0 aliphatic heterocycles. The van der Waals surface area contributed by atoms with E-state index in [4.69, 9.17) is 9.84 Å². The van der Waals surface area contributed by atoms with Crippen molar-refractivity contribution in [1.29, 1.82) is 0 Å². The molecule has 0 aromatic heterocycles. The van der Waals surface area contributed by atoms with Crippen molar-refractivity contribution in [3.8, 4) is 0 Å². The van der Waals surface area contributed by atoms with Crippen LogP contribution in [0.3, 0.4) is 0 Å². The van der Waals surface area contributed by atoms with Crippen molar-refractivity contribution in [1.82, 2.24) is 5.32 Å². The molecule has 1 amide bonds. The zero-order valence-electron chi connectivity index (χ0n) is 9.03. The molecule has 0 aromatic rings. The molecule has 5 heteroatoms. The first-order chi connectivity index (χ1) is 7.04. The highest BCUT2D eigenvalue weighted by Gasteiger charge is 2.34. The highest BCUT2D eigenvalue weighted by Crippen LogP contribution is 2.35. The number of methoxy groups -OCH3 is 1. The summed E-state index contributed by atoms with van der Waals surface area (Å²) in [6, 6.07) is -0.840. The van der Waals surface area contributed by atoms with Gasteiger partial charge in [0.1, 0.15) is 6.04 Å². The first-order valence-corrected chi connectivity index (χ1v) is 5.07. The van der Waals surface area contributed by atoms with E-state index in [-0.39, 0.29) is 12.0 Å². The summed E-state index contributed by atoms with van der Waals surface area (Å²) in [6.07, 6.45) is 2.46. The quantitative estimate of drug-likeness (QED) is 0.672. The molecule has 2 atom stereocenters. The average Bonchev–Trinajstić information content (AvgIpc) is 2.94. The van der Waals surface area contributed by atoms with E-state index in [0.29, 0.717) is 12.3 Å². The van der Waals surface area contributed by atoms with Crippen LogP contribution in [0.15, 0.2) is 0 Å². The second kappa shape index (κ2) is 5.11. The number of carbonyl (C=O) groups excluding carboxylic acids is 1. The largest absolute Gasteiger partial charge is 0.480 e. The maximum atomic E-state index is 10.9. The van der Waals surface area contributed by atoms with Crippen LogP contribution < -0.4 is 5.32 Å². The molecule has 0 aromatic carbocycles. The van der Waals surface area contributed by atoms with E-state index in [1.165, 1.54) is 6.92 Å². The normalized spacial score (nSPS) is 19.3. The van der Waals surface area contributed by atoms with Crippen molar-refractivity contribution in [2.75, 3.05) is 7.11 Å². The zero-order valence-corrected chi connectivity index (χ0v) is 9.03. The minimum Gasteiger partial charge on any atom is -0.480 e. The molecule has 15 heavy (non-hydrogen) atoms. The summed E-state index contributed by atoms with van der Waals surface area (Å²) in [6.45, 7) is 1.31. The van der Waals surface area contributed by atoms with Crippen molar-refractivity contribution in [3.05, 3.63) is 0 Å². The lowest BCUT2D eigenvalue weighted by molar-refractivity contribution is -0.142. The maximum Gasteiger partial charge on any atom is 0.326 e. The van der Waals surface area contributed by atoms with E-state index in [2.05, 4.69) is 5.32 Å². The van der Waals surface area contributed by atoms with Gasteiger partial charge in [0, 0.05) is 20.5 Å². The van der Waals surface area contributed by atoms with Gasteiger partial charge in [-0.2, -0.15) is 0 Å². The van der Waals surface area contributed by atoms with E-state index >= 15 is 0 Å². The SMILES string of the molecule is COC(CC(NC(C)=O)C(=O)O)C1CC1. The molecule has 5 nitrogen and oxygen atoms in total. The van der Waals surface area contributed by atoms with Crippen LogP contribution >= 0.6 is 0 Å². The van der Waals surface area contributed by atoms with Gasteiger partial charge in [0.2, 0.25) is 5.91 Å². The van der Waals surface area contributed by atoms with Gasteiger partial charge >= 0.3 is 5.97 Å². The Bertz CT molecular complexity index is 250. The van der Waals surface area contributed by atoms with E-state index < -0.39 is 12.0 Å². The standard InChI is InChI=1S/C10H17NO4/c1-6(12)11-8(10(13)14)5-9(15-2)7-3-4-7/h7-9H,3-5H2,1-2H3,(H,11,12)(H,13,14). The number of rotatable bonds is 6. The van der Waals surface area contributed by atoms with Gasteiger partial charge in [0.15, 0.2) is 0 Å². The summed E-state index contributed by atoms with van der Waals surface area (Å²) < 4.78 is 5.22. The molecule has 1 aliphatic rings. The van der Waals surface area contributed by atoms with Crippen LogP contribution in [0.2, 0.25) is 0 Å². The number of carbonyl (C=O) groups is 2. The minimum absolute atomic E-state index is 0.0575. The summed E-state index contributed by atoms with van der Waals surface area (Å²) in [5.74, 6) is -0.869. The van der Waals surface area contributed by atoms with Crippen LogP contribution in [-0.2, 0) is 14.3 Å². The van der Waals surface area contributed by atoms with Crippen molar-refractivity contribution in [2.24, 2.45) is 5.92 Å². The van der Waals surface area contributed by atoms with E-state index in [0.717, 1.165) is 12.8 Å². The Hall–Kier alpha value is -1.10. The molecule has 0 radical (unpaired) electrons. The monoisotopic (exact) mass is 215 g/mol. The maximum absolute atomic E-state index is 10.9. The fourth-order valence-electron chi connectivity index (χ4n) is 1.65. The van der Waals surface area contributed by atoms with Crippen LogP contribution in [0.5, 0.6) is 0 Å². The van der Waals surface area contributed by atoms with Gasteiger partial charge in [0.25, 0.3) is 0 Å². The molecule has 0 spiro atoms. The number of hydrogen-bond donors (Lipinski definition) is 2. The molecule has 1 rings (SSSR count). The van der Waals surface area contributed by atoms with E-state index in [1.54, 1.807) is 7.11 Å². The molecule has 2 N–H and O–H groups in total. The Labute approximate surface area is 88.8 Å². The number of nitrogens with one attached hydrogen (secondary N) is 1. The van der Waals surface area contributed by atoms with E-state index in [1.807, 2.05) is 0 Å². The number of hydrogen-bond acceptors (Lipinski definition) is 3. The van der Waals surface area contributed by atoms with Crippen LogP contribution in [0.4, 0.5) is 0 Å². The van der Waals surface area contributed by atoms with Crippen molar-refractivity contribution < 1.29 is 19.4 Å². The number of ether oxygens (including phenoxy) is 1. The Balaban J connectivity index is 2.48. The highest BCUT2D eigenvalue weighted by atomic mass is 16.5. The van der Waals surface area contributed by atoms with Gasteiger partial charge in [-0.15, -0.1) is 0 Å². The van der Waals surface area contributed by atoms with Crippen LogP contribution in [-0.4, -0.2) is 36.2 Å². The first kappa shape index (κ1) is 12.0. The first-order valence-electron chi connectivity index (χ1n) is 5.07.